The molecule has 1 saturated heterocycles. The lowest BCUT2D eigenvalue weighted by Gasteiger charge is -2.39. The highest BCUT2D eigenvalue weighted by molar-refractivity contribution is 6.48. The summed E-state index contributed by atoms with van der Waals surface area (Å²) in [5.41, 5.74) is -0.870. The van der Waals surface area contributed by atoms with Gasteiger partial charge in [-0.05, 0) is 13.1 Å². The molecule has 0 unspecified atom stereocenters. The number of hydrogen-bond acceptors (Lipinski definition) is 3. The SMILES string of the molecule is C[SiH](C)O[C@@]1(C(C)(C)C)CCOC1=O. The van der Waals surface area contributed by atoms with Crippen molar-refractivity contribution in [1.82, 2.24) is 0 Å². The summed E-state index contributed by atoms with van der Waals surface area (Å²) in [7, 11) is -1.23. The molecule has 1 atom stereocenters. The van der Waals surface area contributed by atoms with Crippen LogP contribution >= 0.6 is 0 Å². The van der Waals surface area contributed by atoms with E-state index in [9.17, 15) is 4.79 Å². The maximum Gasteiger partial charge on any atom is 0.337 e. The van der Waals surface area contributed by atoms with Crippen LogP contribution in [0.15, 0.2) is 0 Å². The standard InChI is InChI=1S/C10H20O3Si/c1-9(2,3)10(13-14(4)5)6-7-12-8(10)11/h14H,6-7H2,1-5H3/t10-/m0/s1. The Morgan fingerprint density at radius 1 is 1.43 bits per heavy atom. The number of ether oxygens (including phenoxy) is 1. The van der Waals surface area contributed by atoms with Crippen LogP contribution in [0.3, 0.4) is 0 Å². The van der Waals surface area contributed by atoms with Gasteiger partial charge < -0.3 is 9.16 Å². The van der Waals surface area contributed by atoms with E-state index < -0.39 is 14.6 Å². The lowest BCUT2D eigenvalue weighted by atomic mass is 9.75. The summed E-state index contributed by atoms with van der Waals surface area (Å²) in [6, 6.07) is 0. The summed E-state index contributed by atoms with van der Waals surface area (Å²) in [5.74, 6) is -0.175. The molecule has 0 radical (unpaired) electrons. The molecule has 0 amide bonds. The van der Waals surface area contributed by atoms with E-state index in [4.69, 9.17) is 9.16 Å². The van der Waals surface area contributed by atoms with Crippen LogP contribution in [0, 0.1) is 5.41 Å². The van der Waals surface area contributed by atoms with E-state index >= 15 is 0 Å². The van der Waals surface area contributed by atoms with Crippen molar-refractivity contribution in [3.05, 3.63) is 0 Å². The molecule has 0 aromatic carbocycles. The molecule has 1 rings (SSSR count). The molecule has 1 aliphatic rings. The lowest BCUT2D eigenvalue weighted by Crippen LogP contribution is -2.51. The van der Waals surface area contributed by atoms with Gasteiger partial charge in [-0.25, -0.2) is 4.79 Å². The van der Waals surface area contributed by atoms with Crippen LogP contribution in [0.4, 0.5) is 0 Å². The molecule has 1 aliphatic heterocycles. The van der Waals surface area contributed by atoms with E-state index in [1.807, 2.05) is 20.8 Å². The Morgan fingerprint density at radius 3 is 2.29 bits per heavy atom. The molecule has 0 bridgehead atoms. The summed E-state index contributed by atoms with van der Waals surface area (Å²) in [4.78, 5) is 11.8. The van der Waals surface area contributed by atoms with Crippen LogP contribution in [0.2, 0.25) is 13.1 Å². The van der Waals surface area contributed by atoms with Gasteiger partial charge in [-0.2, -0.15) is 0 Å². The number of esters is 1. The lowest BCUT2D eigenvalue weighted by molar-refractivity contribution is -0.159. The Balaban J connectivity index is 2.96. The smallest absolute Gasteiger partial charge is 0.337 e. The van der Waals surface area contributed by atoms with Crippen LogP contribution < -0.4 is 0 Å². The van der Waals surface area contributed by atoms with Crippen LogP contribution in [-0.4, -0.2) is 27.2 Å². The van der Waals surface area contributed by atoms with Gasteiger partial charge >= 0.3 is 5.97 Å². The van der Waals surface area contributed by atoms with Gasteiger partial charge in [-0.3, -0.25) is 0 Å². The third kappa shape index (κ3) is 1.86. The fourth-order valence-electron chi connectivity index (χ4n) is 1.87. The number of carbonyl (C=O) groups excluding carboxylic acids is 1. The molecule has 1 heterocycles. The summed E-state index contributed by atoms with van der Waals surface area (Å²) in [6.45, 7) is 10.8. The van der Waals surface area contributed by atoms with E-state index in [1.165, 1.54) is 0 Å². The van der Waals surface area contributed by atoms with Crippen LogP contribution in [0.5, 0.6) is 0 Å². The maximum atomic E-state index is 11.8. The zero-order valence-electron chi connectivity index (χ0n) is 9.72. The second kappa shape index (κ2) is 3.66. The van der Waals surface area contributed by atoms with Gasteiger partial charge in [0.05, 0.1) is 6.61 Å². The minimum Gasteiger partial charge on any atom is -0.463 e. The highest BCUT2D eigenvalue weighted by Crippen LogP contribution is 2.41. The van der Waals surface area contributed by atoms with Gasteiger partial charge in [-0.15, -0.1) is 0 Å². The van der Waals surface area contributed by atoms with Crippen molar-refractivity contribution in [3.63, 3.8) is 0 Å². The van der Waals surface area contributed by atoms with Gasteiger partial charge in [0.2, 0.25) is 0 Å². The highest BCUT2D eigenvalue weighted by atomic mass is 28.3. The zero-order chi connectivity index (χ0) is 11.0. The first-order valence-electron chi connectivity index (χ1n) is 5.15. The normalized spacial score (nSPS) is 28.3. The number of rotatable bonds is 2. The molecule has 0 aliphatic carbocycles. The summed E-state index contributed by atoms with van der Waals surface area (Å²) in [6.07, 6.45) is 0.695. The van der Waals surface area contributed by atoms with Gasteiger partial charge in [0.1, 0.15) is 0 Å². The minimum atomic E-state index is -1.23. The van der Waals surface area contributed by atoms with Crippen molar-refractivity contribution in [3.8, 4) is 0 Å². The average molecular weight is 216 g/mol. The van der Waals surface area contributed by atoms with E-state index in [1.54, 1.807) is 0 Å². The Morgan fingerprint density at radius 2 is 2.00 bits per heavy atom. The van der Waals surface area contributed by atoms with Gasteiger partial charge in [0.15, 0.2) is 14.6 Å². The Kier molecular flexibility index (Phi) is 3.06. The Bertz CT molecular complexity index is 232. The van der Waals surface area contributed by atoms with Gasteiger partial charge in [-0.1, -0.05) is 20.8 Å². The van der Waals surface area contributed by atoms with Gasteiger partial charge in [0, 0.05) is 11.8 Å². The molecule has 0 aromatic heterocycles. The number of hydrogen-bond donors (Lipinski definition) is 0. The first kappa shape index (κ1) is 11.7. The largest absolute Gasteiger partial charge is 0.463 e. The molecule has 0 aromatic rings. The second-order valence-electron chi connectivity index (χ2n) is 5.13. The zero-order valence-corrected chi connectivity index (χ0v) is 10.9. The highest BCUT2D eigenvalue weighted by Gasteiger charge is 2.54. The Hall–Kier alpha value is -0.353. The molecular weight excluding hydrogens is 196 g/mol. The van der Waals surface area contributed by atoms with Crippen molar-refractivity contribution in [2.24, 2.45) is 5.41 Å². The second-order valence-corrected chi connectivity index (χ2v) is 7.46. The molecule has 0 spiro atoms. The predicted octanol–water partition coefficient (Wildman–Crippen LogP) is 1.72. The molecule has 0 N–H and O–H groups in total. The number of carbonyl (C=O) groups is 1. The summed E-state index contributed by atoms with van der Waals surface area (Å²) < 4.78 is 11.0. The topological polar surface area (TPSA) is 35.5 Å². The van der Waals surface area contributed by atoms with E-state index in [-0.39, 0.29) is 11.4 Å². The first-order chi connectivity index (χ1) is 6.29. The van der Waals surface area contributed by atoms with Crippen molar-refractivity contribution in [2.75, 3.05) is 6.61 Å². The fraction of sp³-hybridized carbons (Fsp3) is 0.900. The molecule has 14 heavy (non-hydrogen) atoms. The van der Waals surface area contributed by atoms with E-state index in [0.717, 1.165) is 0 Å². The average Bonchev–Trinajstić information content (AvgIpc) is 2.30. The van der Waals surface area contributed by atoms with Crippen LogP contribution in [-0.2, 0) is 14.0 Å². The van der Waals surface area contributed by atoms with Crippen LogP contribution in [0.1, 0.15) is 27.2 Å². The number of cyclic esters (lactones) is 1. The molecule has 0 saturated carbocycles. The quantitative estimate of drug-likeness (QED) is 0.521. The molecular formula is C10H20O3Si. The van der Waals surface area contributed by atoms with Crippen molar-refractivity contribution in [1.29, 1.82) is 0 Å². The van der Waals surface area contributed by atoms with E-state index in [2.05, 4.69) is 13.1 Å². The van der Waals surface area contributed by atoms with Gasteiger partial charge in [0.25, 0.3) is 0 Å². The first-order valence-corrected chi connectivity index (χ1v) is 7.93. The third-order valence-corrected chi connectivity index (χ3v) is 3.54. The third-order valence-electron chi connectivity index (χ3n) is 2.67. The van der Waals surface area contributed by atoms with Crippen molar-refractivity contribution < 1.29 is 14.0 Å². The summed E-state index contributed by atoms with van der Waals surface area (Å²) >= 11 is 0. The minimum absolute atomic E-state index is 0.175. The van der Waals surface area contributed by atoms with E-state index in [0.29, 0.717) is 13.0 Å². The fourth-order valence-corrected chi connectivity index (χ4v) is 3.25. The van der Waals surface area contributed by atoms with Crippen LogP contribution in [0.25, 0.3) is 0 Å². The van der Waals surface area contributed by atoms with Crippen molar-refractivity contribution >= 4 is 15.0 Å². The molecule has 4 heteroatoms. The predicted molar refractivity (Wildman–Crippen MR) is 57.7 cm³/mol. The monoisotopic (exact) mass is 216 g/mol. The molecule has 3 nitrogen and oxygen atoms in total. The Labute approximate surface area is 87.5 Å². The molecule has 82 valence electrons. The maximum absolute atomic E-state index is 11.8. The summed E-state index contributed by atoms with van der Waals surface area (Å²) in [5, 5.41) is 0. The van der Waals surface area contributed by atoms with Crippen molar-refractivity contribution in [2.45, 2.75) is 45.9 Å². The molecule has 1 fully saturated rings.